The van der Waals surface area contributed by atoms with Crippen LogP contribution in [0.2, 0.25) is 0 Å². The van der Waals surface area contributed by atoms with Crippen molar-refractivity contribution in [3.63, 3.8) is 0 Å². The van der Waals surface area contributed by atoms with E-state index in [9.17, 15) is 0 Å². The number of rotatable bonds is 1. The molecule has 2 heteroatoms. The van der Waals surface area contributed by atoms with E-state index in [1.54, 1.807) is 7.11 Å². The molecule has 1 aliphatic heterocycles. The smallest absolute Gasteiger partial charge is 0.120 e. The highest BCUT2D eigenvalue weighted by Crippen LogP contribution is 2.52. The lowest BCUT2D eigenvalue weighted by Gasteiger charge is -2.05. The minimum Gasteiger partial charge on any atom is -0.497 e. The summed E-state index contributed by atoms with van der Waals surface area (Å²) in [4.78, 5) is 0. The molecule has 62 valence electrons. The van der Waals surface area contributed by atoms with Crippen molar-refractivity contribution in [1.29, 1.82) is 0 Å². The Morgan fingerprint density at radius 1 is 1.50 bits per heavy atom. The van der Waals surface area contributed by atoms with Crippen molar-refractivity contribution in [2.45, 2.75) is 18.4 Å². The zero-order valence-corrected chi connectivity index (χ0v) is 7.00. The van der Waals surface area contributed by atoms with Crippen LogP contribution in [-0.2, 0) is 0 Å². The van der Waals surface area contributed by atoms with E-state index < -0.39 is 0 Å². The van der Waals surface area contributed by atoms with Crippen LogP contribution in [0.25, 0.3) is 0 Å². The van der Waals surface area contributed by atoms with Gasteiger partial charge < -0.3 is 10.1 Å². The predicted molar refractivity (Wildman–Crippen MR) is 47.8 cm³/mol. The Labute approximate surface area is 71.5 Å². The fourth-order valence-corrected chi connectivity index (χ4v) is 2.01. The summed E-state index contributed by atoms with van der Waals surface area (Å²) in [5.74, 6) is 1.74. The Balaban J connectivity index is 2.08. The molecular formula is C10H11NO. The molecule has 0 amide bonds. The molecule has 1 fully saturated rings. The fraction of sp³-hybridized carbons (Fsp3) is 0.400. The second-order valence-electron chi connectivity index (χ2n) is 3.55. The monoisotopic (exact) mass is 161 g/mol. The molecule has 2 aliphatic rings. The number of anilines is 1. The zero-order valence-electron chi connectivity index (χ0n) is 7.00. The van der Waals surface area contributed by atoms with Gasteiger partial charge in [-0.2, -0.15) is 0 Å². The van der Waals surface area contributed by atoms with Gasteiger partial charge in [0.25, 0.3) is 0 Å². The van der Waals surface area contributed by atoms with Gasteiger partial charge in [-0.15, -0.1) is 0 Å². The van der Waals surface area contributed by atoms with Crippen LogP contribution in [0.1, 0.15) is 17.9 Å². The second-order valence-corrected chi connectivity index (χ2v) is 3.55. The molecule has 0 aromatic heterocycles. The number of benzene rings is 1. The number of methoxy groups -OCH3 is 1. The van der Waals surface area contributed by atoms with E-state index in [1.807, 2.05) is 6.07 Å². The first kappa shape index (κ1) is 6.35. The lowest BCUT2D eigenvalue weighted by Crippen LogP contribution is -1.96. The Morgan fingerprint density at radius 3 is 3.25 bits per heavy atom. The highest BCUT2D eigenvalue weighted by atomic mass is 16.5. The first-order valence-electron chi connectivity index (χ1n) is 4.33. The van der Waals surface area contributed by atoms with Crippen LogP contribution in [0, 0.1) is 0 Å². The molecule has 12 heavy (non-hydrogen) atoms. The zero-order chi connectivity index (χ0) is 8.13. The van der Waals surface area contributed by atoms with Crippen LogP contribution in [0.4, 0.5) is 5.69 Å². The number of nitrogens with one attached hydrogen (secondary N) is 1. The maximum absolute atomic E-state index is 5.15. The van der Waals surface area contributed by atoms with Gasteiger partial charge in [0, 0.05) is 23.7 Å². The highest BCUT2D eigenvalue weighted by Gasteiger charge is 2.45. The standard InChI is InChI=1S/C10H11NO/c1-12-6-2-3-7-8-5-10(8)11-9(7)4-6/h2-4,8,10-11H,5H2,1H3. The molecule has 0 saturated heterocycles. The highest BCUT2D eigenvalue weighted by molar-refractivity contribution is 5.65. The summed E-state index contributed by atoms with van der Waals surface area (Å²) in [7, 11) is 1.71. The first-order valence-corrected chi connectivity index (χ1v) is 4.33. The summed E-state index contributed by atoms with van der Waals surface area (Å²) in [5.41, 5.74) is 2.75. The van der Waals surface area contributed by atoms with E-state index >= 15 is 0 Å². The Kier molecular flexibility index (Phi) is 1.03. The van der Waals surface area contributed by atoms with Gasteiger partial charge in [0.2, 0.25) is 0 Å². The van der Waals surface area contributed by atoms with Crippen LogP contribution < -0.4 is 10.1 Å². The van der Waals surface area contributed by atoms with Gasteiger partial charge in [-0.3, -0.25) is 0 Å². The van der Waals surface area contributed by atoms with E-state index in [0.717, 1.165) is 17.7 Å². The molecule has 1 aromatic rings. The van der Waals surface area contributed by atoms with E-state index in [1.165, 1.54) is 17.7 Å². The number of hydrogen-bond donors (Lipinski definition) is 1. The SMILES string of the molecule is COc1ccc2c(c1)NC1CC21. The third-order valence-electron chi connectivity index (χ3n) is 2.79. The molecule has 1 saturated carbocycles. The van der Waals surface area contributed by atoms with Crippen molar-refractivity contribution >= 4 is 5.69 Å². The quantitative estimate of drug-likeness (QED) is 0.680. The van der Waals surface area contributed by atoms with Gasteiger partial charge in [0.1, 0.15) is 5.75 Å². The maximum Gasteiger partial charge on any atom is 0.120 e. The van der Waals surface area contributed by atoms with E-state index in [-0.39, 0.29) is 0 Å². The molecule has 2 atom stereocenters. The molecular weight excluding hydrogens is 150 g/mol. The summed E-state index contributed by atoms with van der Waals surface area (Å²) in [6, 6.07) is 7.04. The summed E-state index contributed by atoms with van der Waals surface area (Å²) < 4.78 is 5.15. The summed E-state index contributed by atoms with van der Waals surface area (Å²) >= 11 is 0. The molecule has 1 heterocycles. The lowest BCUT2D eigenvalue weighted by molar-refractivity contribution is 0.415. The Hall–Kier alpha value is -1.18. The van der Waals surface area contributed by atoms with E-state index in [0.29, 0.717) is 0 Å². The largest absolute Gasteiger partial charge is 0.497 e. The lowest BCUT2D eigenvalue weighted by atomic mass is 10.1. The predicted octanol–water partition coefficient (Wildman–Crippen LogP) is 1.98. The van der Waals surface area contributed by atoms with Crippen molar-refractivity contribution in [3.8, 4) is 5.75 Å². The molecule has 1 aromatic carbocycles. The third kappa shape index (κ3) is 0.697. The molecule has 2 unspecified atom stereocenters. The van der Waals surface area contributed by atoms with Gasteiger partial charge in [0.15, 0.2) is 0 Å². The minimum atomic E-state index is 0.729. The average Bonchev–Trinajstić information content (AvgIpc) is 2.78. The van der Waals surface area contributed by atoms with Gasteiger partial charge in [-0.1, -0.05) is 6.07 Å². The molecule has 1 N–H and O–H groups in total. The molecule has 1 aliphatic carbocycles. The van der Waals surface area contributed by atoms with Gasteiger partial charge in [0.05, 0.1) is 7.11 Å². The fourth-order valence-electron chi connectivity index (χ4n) is 2.01. The molecule has 0 radical (unpaired) electrons. The Bertz CT molecular complexity index is 335. The second kappa shape index (κ2) is 1.94. The summed E-state index contributed by atoms with van der Waals surface area (Å²) in [5, 5.41) is 3.47. The first-order chi connectivity index (χ1) is 5.88. The van der Waals surface area contributed by atoms with Crippen LogP contribution in [0.3, 0.4) is 0 Å². The average molecular weight is 161 g/mol. The van der Waals surface area contributed by atoms with Gasteiger partial charge in [-0.05, 0) is 18.1 Å². The van der Waals surface area contributed by atoms with Crippen LogP contribution >= 0.6 is 0 Å². The van der Waals surface area contributed by atoms with Gasteiger partial charge in [-0.25, -0.2) is 0 Å². The van der Waals surface area contributed by atoms with Crippen molar-refractivity contribution in [2.75, 3.05) is 12.4 Å². The summed E-state index contributed by atoms with van der Waals surface area (Å²) in [6.07, 6.45) is 1.32. The van der Waals surface area contributed by atoms with Crippen molar-refractivity contribution in [1.82, 2.24) is 0 Å². The van der Waals surface area contributed by atoms with Gasteiger partial charge >= 0.3 is 0 Å². The van der Waals surface area contributed by atoms with Crippen molar-refractivity contribution in [2.24, 2.45) is 0 Å². The summed E-state index contributed by atoms with van der Waals surface area (Å²) in [6.45, 7) is 0. The van der Waals surface area contributed by atoms with Crippen LogP contribution in [0.5, 0.6) is 5.75 Å². The molecule has 0 spiro atoms. The van der Waals surface area contributed by atoms with Crippen LogP contribution in [-0.4, -0.2) is 13.2 Å². The topological polar surface area (TPSA) is 21.3 Å². The number of ether oxygens (including phenoxy) is 1. The molecule has 3 rings (SSSR count). The van der Waals surface area contributed by atoms with Crippen molar-refractivity contribution in [3.05, 3.63) is 23.8 Å². The third-order valence-corrected chi connectivity index (χ3v) is 2.79. The van der Waals surface area contributed by atoms with Crippen LogP contribution in [0.15, 0.2) is 18.2 Å². The maximum atomic E-state index is 5.15. The minimum absolute atomic E-state index is 0.729. The Morgan fingerprint density at radius 2 is 2.42 bits per heavy atom. The number of fused-ring (bicyclic) bond motifs is 3. The van der Waals surface area contributed by atoms with E-state index in [2.05, 4.69) is 17.4 Å². The number of hydrogen-bond acceptors (Lipinski definition) is 2. The molecule has 0 bridgehead atoms. The normalized spacial score (nSPS) is 28.8. The molecule has 2 nitrogen and oxygen atoms in total. The van der Waals surface area contributed by atoms with Crippen molar-refractivity contribution < 1.29 is 4.74 Å². The van der Waals surface area contributed by atoms with E-state index in [4.69, 9.17) is 4.74 Å².